The van der Waals surface area contributed by atoms with Crippen molar-refractivity contribution >= 4 is 11.6 Å². The van der Waals surface area contributed by atoms with Crippen LogP contribution in [0.2, 0.25) is 0 Å². The summed E-state index contributed by atoms with van der Waals surface area (Å²) in [7, 11) is 0. The second kappa shape index (κ2) is 9.20. The summed E-state index contributed by atoms with van der Waals surface area (Å²) < 4.78 is 5.44. The van der Waals surface area contributed by atoms with Crippen molar-refractivity contribution in [2.45, 2.75) is 32.7 Å². The van der Waals surface area contributed by atoms with Crippen LogP contribution >= 0.6 is 0 Å². The van der Waals surface area contributed by atoms with Gasteiger partial charge in [0.2, 0.25) is 5.91 Å². The van der Waals surface area contributed by atoms with Gasteiger partial charge in [0.05, 0.1) is 13.2 Å². The molecule has 2 saturated heterocycles. The Balaban J connectivity index is 1.51. The highest BCUT2D eigenvalue weighted by molar-refractivity contribution is 5.76. The fourth-order valence-electron chi connectivity index (χ4n) is 3.86. The summed E-state index contributed by atoms with van der Waals surface area (Å²) in [5.74, 6) is 1.22. The third kappa shape index (κ3) is 5.19. The molecule has 138 valence electrons. The highest BCUT2D eigenvalue weighted by Gasteiger charge is 2.22. The van der Waals surface area contributed by atoms with Crippen LogP contribution in [0.25, 0.3) is 0 Å². The predicted octanol–water partition coefficient (Wildman–Crippen LogP) is 2.17. The van der Waals surface area contributed by atoms with Gasteiger partial charge in [-0.05, 0) is 49.4 Å². The summed E-state index contributed by atoms with van der Waals surface area (Å²) in [5, 5.41) is 6.57. The monoisotopic (exact) mass is 345 g/mol. The number of morpholine rings is 1. The third-order valence-corrected chi connectivity index (χ3v) is 5.47. The van der Waals surface area contributed by atoms with Crippen molar-refractivity contribution in [1.82, 2.24) is 10.6 Å². The molecule has 2 fully saturated rings. The van der Waals surface area contributed by atoms with E-state index in [1.807, 2.05) is 6.07 Å². The van der Waals surface area contributed by atoms with Gasteiger partial charge in [-0.2, -0.15) is 0 Å². The van der Waals surface area contributed by atoms with E-state index in [-0.39, 0.29) is 5.91 Å². The van der Waals surface area contributed by atoms with Crippen LogP contribution in [0.1, 0.15) is 31.7 Å². The third-order valence-electron chi connectivity index (χ3n) is 5.47. The number of ether oxygens (including phenoxy) is 1. The average Bonchev–Trinajstić information content (AvgIpc) is 2.68. The number of hydrogen-bond donors (Lipinski definition) is 2. The Morgan fingerprint density at radius 1 is 1.36 bits per heavy atom. The second-order valence-electron chi connectivity index (χ2n) is 7.29. The summed E-state index contributed by atoms with van der Waals surface area (Å²) in [6.45, 7) is 8.34. The molecule has 5 nitrogen and oxygen atoms in total. The molecule has 0 saturated carbocycles. The summed E-state index contributed by atoms with van der Waals surface area (Å²) in [4.78, 5) is 14.7. The Morgan fingerprint density at radius 2 is 2.16 bits per heavy atom. The number of para-hydroxylation sites is 1. The molecule has 0 aliphatic carbocycles. The molecular weight excluding hydrogens is 314 g/mol. The lowest BCUT2D eigenvalue weighted by Crippen LogP contribution is -2.37. The Kier molecular flexibility index (Phi) is 6.70. The topological polar surface area (TPSA) is 53.6 Å². The van der Waals surface area contributed by atoms with Gasteiger partial charge in [0.1, 0.15) is 0 Å². The molecule has 2 unspecified atom stereocenters. The highest BCUT2D eigenvalue weighted by Crippen LogP contribution is 2.23. The maximum absolute atomic E-state index is 12.4. The van der Waals surface area contributed by atoms with E-state index in [4.69, 9.17) is 4.74 Å². The Hall–Kier alpha value is -1.59. The van der Waals surface area contributed by atoms with E-state index in [1.165, 1.54) is 24.1 Å². The van der Waals surface area contributed by atoms with E-state index in [0.717, 1.165) is 39.4 Å². The number of carbonyl (C=O) groups excluding carboxylic acids is 1. The van der Waals surface area contributed by atoms with E-state index >= 15 is 0 Å². The number of rotatable bonds is 6. The smallest absolute Gasteiger partial charge is 0.220 e. The molecule has 0 aromatic heterocycles. The lowest BCUT2D eigenvalue weighted by atomic mass is 9.85. The van der Waals surface area contributed by atoms with E-state index in [1.54, 1.807) is 0 Å². The summed E-state index contributed by atoms with van der Waals surface area (Å²) in [6, 6.07) is 8.36. The molecule has 1 aromatic carbocycles. The molecule has 2 aliphatic heterocycles. The number of amides is 1. The first-order valence-corrected chi connectivity index (χ1v) is 9.62. The average molecular weight is 345 g/mol. The van der Waals surface area contributed by atoms with Crippen molar-refractivity contribution in [3.8, 4) is 0 Å². The number of nitrogens with zero attached hydrogens (tertiary/aromatic N) is 1. The van der Waals surface area contributed by atoms with Crippen LogP contribution in [-0.2, 0) is 16.1 Å². The lowest BCUT2D eigenvalue weighted by molar-refractivity contribution is -0.122. The van der Waals surface area contributed by atoms with Gasteiger partial charge in [-0.1, -0.05) is 25.1 Å². The fraction of sp³-hybridized carbons (Fsp3) is 0.650. The molecule has 5 heteroatoms. The van der Waals surface area contributed by atoms with Gasteiger partial charge in [0, 0.05) is 31.7 Å². The van der Waals surface area contributed by atoms with Crippen LogP contribution in [0.4, 0.5) is 5.69 Å². The minimum Gasteiger partial charge on any atom is -0.378 e. The molecule has 2 heterocycles. The van der Waals surface area contributed by atoms with Crippen molar-refractivity contribution in [3.63, 3.8) is 0 Å². The van der Waals surface area contributed by atoms with Crippen LogP contribution in [-0.4, -0.2) is 45.3 Å². The van der Waals surface area contributed by atoms with Crippen LogP contribution in [0, 0.1) is 11.8 Å². The van der Waals surface area contributed by atoms with Crippen LogP contribution in [0.5, 0.6) is 0 Å². The first-order chi connectivity index (χ1) is 12.2. The van der Waals surface area contributed by atoms with Gasteiger partial charge in [-0.15, -0.1) is 0 Å². The van der Waals surface area contributed by atoms with Crippen molar-refractivity contribution in [2.24, 2.45) is 11.8 Å². The second-order valence-corrected chi connectivity index (χ2v) is 7.29. The normalized spacial score (nSPS) is 22.4. The summed E-state index contributed by atoms with van der Waals surface area (Å²) in [6.07, 6.45) is 3.08. The summed E-state index contributed by atoms with van der Waals surface area (Å²) in [5.41, 5.74) is 2.40. The number of benzene rings is 1. The van der Waals surface area contributed by atoms with Gasteiger partial charge in [-0.3, -0.25) is 4.79 Å². The quantitative estimate of drug-likeness (QED) is 0.830. The van der Waals surface area contributed by atoms with Crippen LogP contribution in [0.15, 0.2) is 24.3 Å². The number of carbonyl (C=O) groups is 1. The van der Waals surface area contributed by atoms with Crippen molar-refractivity contribution in [2.75, 3.05) is 44.3 Å². The van der Waals surface area contributed by atoms with Gasteiger partial charge < -0.3 is 20.3 Å². The van der Waals surface area contributed by atoms with Gasteiger partial charge in [-0.25, -0.2) is 0 Å². The zero-order valence-electron chi connectivity index (χ0n) is 15.3. The molecule has 2 aliphatic rings. The number of piperidine rings is 1. The van der Waals surface area contributed by atoms with Gasteiger partial charge in [0.15, 0.2) is 0 Å². The minimum atomic E-state index is 0.162. The Morgan fingerprint density at radius 3 is 2.92 bits per heavy atom. The number of nitrogens with one attached hydrogen (secondary N) is 2. The van der Waals surface area contributed by atoms with Crippen LogP contribution < -0.4 is 15.5 Å². The van der Waals surface area contributed by atoms with Gasteiger partial charge >= 0.3 is 0 Å². The molecule has 3 rings (SSSR count). The van der Waals surface area contributed by atoms with E-state index in [0.29, 0.717) is 24.8 Å². The molecule has 0 bridgehead atoms. The molecular formula is C20H31N3O2. The van der Waals surface area contributed by atoms with Crippen molar-refractivity contribution < 1.29 is 9.53 Å². The number of anilines is 1. The maximum Gasteiger partial charge on any atom is 0.220 e. The van der Waals surface area contributed by atoms with Crippen LogP contribution in [0.3, 0.4) is 0 Å². The predicted molar refractivity (Wildman–Crippen MR) is 101 cm³/mol. The zero-order valence-corrected chi connectivity index (χ0v) is 15.3. The first-order valence-electron chi connectivity index (χ1n) is 9.62. The molecule has 1 amide bonds. The summed E-state index contributed by atoms with van der Waals surface area (Å²) >= 11 is 0. The Labute approximate surface area is 151 Å². The maximum atomic E-state index is 12.4. The molecule has 2 N–H and O–H groups in total. The van der Waals surface area contributed by atoms with Gasteiger partial charge in [0.25, 0.3) is 0 Å². The SMILES string of the molecule is CC(CC(=O)NCc1ccccc1N1CCOCC1)C1CCCNC1. The molecule has 0 spiro atoms. The molecule has 0 radical (unpaired) electrons. The van der Waals surface area contributed by atoms with Crippen molar-refractivity contribution in [1.29, 1.82) is 0 Å². The first kappa shape index (κ1) is 18.2. The molecule has 2 atom stereocenters. The molecule has 25 heavy (non-hydrogen) atoms. The van der Waals surface area contributed by atoms with E-state index in [2.05, 4.69) is 40.7 Å². The van der Waals surface area contributed by atoms with Crippen molar-refractivity contribution in [3.05, 3.63) is 29.8 Å². The largest absolute Gasteiger partial charge is 0.378 e. The van der Waals surface area contributed by atoms with E-state index < -0.39 is 0 Å². The number of hydrogen-bond acceptors (Lipinski definition) is 4. The zero-order chi connectivity index (χ0) is 17.5. The minimum absolute atomic E-state index is 0.162. The lowest BCUT2D eigenvalue weighted by Gasteiger charge is -2.31. The fourth-order valence-corrected chi connectivity index (χ4v) is 3.86. The highest BCUT2D eigenvalue weighted by atomic mass is 16.5. The standard InChI is InChI=1S/C20H31N3O2/c1-16(17-6-4-8-21-14-17)13-20(24)22-15-18-5-2-3-7-19(18)23-9-11-25-12-10-23/h2-3,5,7,16-17,21H,4,6,8-15H2,1H3,(H,22,24). The Bertz CT molecular complexity index is 552. The molecule has 1 aromatic rings. The van der Waals surface area contributed by atoms with E-state index in [9.17, 15) is 4.79 Å².